The van der Waals surface area contributed by atoms with Gasteiger partial charge in [-0.2, -0.15) is 0 Å². The normalized spacial score (nSPS) is 10.2. The van der Waals surface area contributed by atoms with Crippen molar-refractivity contribution >= 4 is 33.2 Å². The van der Waals surface area contributed by atoms with Gasteiger partial charge in [-0.3, -0.25) is 4.79 Å². The van der Waals surface area contributed by atoms with Crippen LogP contribution in [0.4, 0.5) is 11.4 Å². The Bertz CT molecular complexity index is 626. The first kappa shape index (κ1) is 14.6. The smallest absolute Gasteiger partial charge is 0.243 e. The summed E-state index contributed by atoms with van der Waals surface area (Å²) >= 11 is 3.48. The largest absolute Gasteiger partial charge is 0.376 e. The Morgan fingerprint density at radius 3 is 2.55 bits per heavy atom. The third-order valence-corrected chi connectivity index (χ3v) is 3.90. The van der Waals surface area contributed by atoms with Crippen molar-refractivity contribution in [2.45, 2.75) is 13.8 Å². The molecule has 0 saturated carbocycles. The molecule has 2 N–H and O–H groups in total. The minimum atomic E-state index is -0.0593. The lowest BCUT2D eigenvalue weighted by molar-refractivity contribution is -0.114. The zero-order chi connectivity index (χ0) is 14.5. The van der Waals surface area contributed by atoms with E-state index in [4.69, 9.17) is 0 Å². The van der Waals surface area contributed by atoms with Gasteiger partial charge in [0, 0.05) is 15.8 Å². The van der Waals surface area contributed by atoms with Gasteiger partial charge in [0.2, 0.25) is 5.91 Å². The van der Waals surface area contributed by atoms with Gasteiger partial charge < -0.3 is 10.6 Å². The fourth-order valence-corrected chi connectivity index (χ4v) is 2.17. The number of benzene rings is 2. The molecule has 2 aromatic carbocycles. The molecular weight excluding hydrogens is 316 g/mol. The van der Waals surface area contributed by atoms with Gasteiger partial charge in [0.1, 0.15) is 0 Å². The molecule has 20 heavy (non-hydrogen) atoms. The molecule has 0 bridgehead atoms. The summed E-state index contributed by atoms with van der Waals surface area (Å²) in [4.78, 5) is 11.9. The van der Waals surface area contributed by atoms with Crippen LogP contribution in [0.5, 0.6) is 0 Å². The number of rotatable bonds is 4. The number of para-hydroxylation sites is 1. The highest BCUT2D eigenvalue weighted by Crippen LogP contribution is 2.20. The van der Waals surface area contributed by atoms with Gasteiger partial charge in [-0.25, -0.2) is 0 Å². The van der Waals surface area contributed by atoms with E-state index in [0.717, 1.165) is 21.4 Å². The molecule has 104 valence electrons. The number of hydrogen-bond donors (Lipinski definition) is 2. The third-order valence-electron chi connectivity index (χ3n) is 3.04. The second-order valence-corrected chi connectivity index (χ2v) is 5.53. The number of halogens is 1. The SMILES string of the molecule is Cc1ccc(NCC(=O)Nc2ccccc2C)cc1Br. The highest BCUT2D eigenvalue weighted by molar-refractivity contribution is 9.10. The van der Waals surface area contributed by atoms with Crippen molar-refractivity contribution in [3.8, 4) is 0 Å². The Labute approximate surface area is 127 Å². The van der Waals surface area contributed by atoms with Gasteiger partial charge in [0.15, 0.2) is 0 Å². The van der Waals surface area contributed by atoms with E-state index in [-0.39, 0.29) is 12.5 Å². The number of amides is 1. The van der Waals surface area contributed by atoms with Crippen LogP contribution >= 0.6 is 15.9 Å². The quantitative estimate of drug-likeness (QED) is 0.884. The summed E-state index contributed by atoms with van der Waals surface area (Å²) in [7, 11) is 0. The number of aryl methyl sites for hydroxylation is 2. The zero-order valence-corrected chi connectivity index (χ0v) is 13.1. The third kappa shape index (κ3) is 3.84. The Kier molecular flexibility index (Phi) is 4.79. The minimum Gasteiger partial charge on any atom is -0.376 e. The average molecular weight is 333 g/mol. The van der Waals surface area contributed by atoms with E-state index in [0.29, 0.717) is 0 Å². The molecule has 2 aromatic rings. The molecule has 0 unspecified atom stereocenters. The van der Waals surface area contributed by atoms with Gasteiger partial charge in [0.05, 0.1) is 6.54 Å². The van der Waals surface area contributed by atoms with Gasteiger partial charge in [-0.05, 0) is 43.2 Å². The molecule has 4 heteroatoms. The van der Waals surface area contributed by atoms with Crippen molar-refractivity contribution in [3.05, 3.63) is 58.1 Å². The van der Waals surface area contributed by atoms with Crippen molar-refractivity contribution in [1.82, 2.24) is 0 Å². The summed E-state index contributed by atoms with van der Waals surface area (Å²) in [5.74, 6) is -0.0593. The Balaban J connectivity index is 1.92. The number of hydrogen-bond acceptors (Lipinski definition) is 2. The number of carbonyl (C=O) groups excluding carboxylic acids is 1. The zero-order valence-electron chi connectivity index (χ0n) is 11.5. The molecule has 0 aliphatic carbocycles. The van der Waals surface area contributed by atoms with E-state index in [2.05, 4.69) is 26.6 Å². The summed E-state index contributed by atoms with van der Waals surface area (Å²) in [6.45, 7) is 4.24. The molecule has 0 aliphatic heterocycles. The highest BCUT2D eigenvalue weighted by Gasteiger charge is 2.04. The lowest BCUT2D eigenvalue weighted by atomic mass is 10.2. The van der Waals surface area contributed by atoms with Crippen LogP contribution in [0.1, 0.15) is 11.1 Å². The second kappa shape index (κ2) is 6.57. The van der Waals surface area contributed by atoms with Crippen LogP contribution in [-0.2, 0) is 4.79 Å². The molecule has 0 aromatic heterocycles. The molecule has 0 radical (unpaired) electrons. The van der Waals surface area contributed by atoms with Gasteiger partial charge in [0.25, 0.3) is 0 Å². The maximum absolute atomic E-state index is 11.9. The van der Waals surface area contributed by atoms with Crippen molar-refractivity contribution in [2.75, 3.05) is 17.2 Å². The second-order valence-electron chi connectivity index (χ2n) is 4.68. The van der Waals surface area contributed by atoms with Crippen LogP contribution in [0, 0.1) is 13.8 Å². The molecule has 0 aliphatic rings. The molecule has 2 rings (SSSR count). The molecular formula is C16H17BrN2O. The van der Waals surface area contributed by atoms with E-state index >= 15 is 0 Å². The lowest BCUT2D eigenvalue weighted by Crippen LogP contribution is -2.22. The van der Waals surface area contributed by atoms with Gasteiger partial charge in [-0.15, -0.1) is 0 Å². The maximum atomic E-state index is 11.9. The van der Waals surface area contributed by atoms with Crippen molar-refractivity contribution in [3.63, 3.8) is 0 Å². The predicted molar refractivity (Wildman–Crippen MR) is 87.2 cm³/mol. The summed E-state index contributed by atoms with van der Waals surface area (Å²) in [6.07, 6.45) is 0. The molecule has 0 atom stereocenters. The minimum absolute atomic E-state index is 0.0593. The fourth-order valence-electron chi connectivity index (χ4n) is 1.79. The lowest BCUT2D eigenvalue weighted by Gasteiger charge is -2.10. The van der Waals surface area contributed by atoms with Crippen LogP contribution in [0.25, 0.3) is 0 Å². The molecule has 3 nitrogen and oxygen atoms in total. The van der Waals surface area contributed by atoms with Crippen LogP contribution in [0.3, 0.4) is 0 Å². The van der Waals surface area contributed by atoms with Crippen LogP contribution in [0.15, 0.2) is 46.9 Å². The summed E-state index contributed by atoms with van der Waals surface area (Å²) in [6, 6.07) is 13.7. The predicted octanol–water partition coefficient (Wildman–Crippen LogP) is 4.12. The van der Waals surface area contributed by atoms with Gasteiger partial charge >= 0.3 is 0 Å². The first-order valence-electron chi connectivity index (χ1n) is 6.42. The van der Waals surface area contributed by atoms with Crippen LogP contribution in [0.2, 0.25) is 0 Å². The number of carbonyl (C=O) groups is 1. The van der Waals surface area contributed by atoms with Crippen molar-refractivity contribution in [2.24, 2.45) is 0 Å². The topological polar surface area (TPSA) is 41.1 Å². The molecule has 0 spiro atoms. The van der Waals surface area contributed by atoms with Crippen molar-refractivity contribution in [1.29, 1.82) is 0 Å². The van der Waals surface area contributed by atoms with Crippen LogP contribution < -0.4 is 10.6 Å². The fraction of sp³-hybridized carbons (Fsp3) is 0.188. The highest BCUT2D eigenvalue weighted by atomic mass is 79.9. The molecule has 0 saturated heterocycles. The molecule has 0 fully saturated rings. The van der Waals surface area contributed by atoms with E-state index in [9.17, 15) is 4.79 Å². The van der Waals surface area contributed by atoms with E-state index in [1.807, 2.05) is 56.3 Å². The number of anilines is 2. The number of nitrogens with one attached hydrogen (secondary N) is 2. The van der Waals surface area contributed by atoms with E-state index in [1.54, 1.807) is 0 Å². The van der Waals surface area contributed by atoms with E-state index in [1.165, 1.54) is 5.56 Å². The maximum Gasteiger partial charge on any atom is 0.243 e. The standard InChI is InChI=1S/C16H17BrN2O/c1-11-7-8-13(9-14(11)17)18-10-16(20)19-15-6-4-3-5-12(15)2/h3-9,18H,10H2,1-2H3,(H,19,20). The van der Waals surface area contributed by atoms with Gasteiger partial charge in [-0.1, -0.05) is 40.2 Å². The van der Waals surface area contributed by atoms with E-state index < -0.39 is 0 Å². The molecule has 0 heterocycles. The Morgan fingerprint density at radius 1 is 1.10 bits per heavy atom. The summed E-state index contributed by atoms with van der Waals surface area (Å²) in [5, 5.41) is 6.00. The molecule has 1 amide bonds. The average Bonchev–Trinajstić information content (AvgIpc) is 2.43. The Morgan fingerprint density at radius 2 is 1.85 bits per heavy atom. The first-order chi connectivity index (χ1) is 9.56. The monoisotopic (exact) mass is 332 g/mol. The van der Waals surface area contributed by atoms with Crippen molar-refractivity contribution < 1.29 is 4.79 Å². The summed E-state index contributed by atoms with van der Waals surface area (Å²) in [5.41, 5.74) is 3.99. The summed E-state index contributed by atoms with van der Waals surface area (Å²) < 4.78 is 1.03. The van der Waals surface area contributed by atoms with Crippen LogP contribution in [-0.4, -0.2) is 12.5 Å². The Hall–Kier alpha value is -1.81. The first-order valence-corrected chi connectivity index (χ1v) is 7.21.